The fourth-order valence-electron chi connectivity index (χ4n) is 1.18. The Labute approximate surface area is 98.1 Å². The van der Waals surface area contributed by atoms with Gasteiger partial charge >= 0.3 is 0 Å². The molecular formula is C12H22N4. The van der Waals surface area contributed by atoms with E-state index in [1.807, 2.05) is 13.2 Å². The number of nitrogens with zero attached hydrogens (tertiary/aromatic N) is 3. The third kappa shape index (κ3) is 4.14. The van der Waals surface area contributed by atoms with Gasteiger partial charge in [-0.3, -0.25) is 4.98 Å². The summed E-state index contributed by atoms with van der Waals surface area (Å²) in [5, 5.41) is 3.40. The monoisotopic (exact) mass is 222 g/mol. The van der Waals surface area contributed by atoms with Crippen molar-refractivity contribution in [3.05, 3.63) is 18.1 Å². The Balaban J connectivity index is 2.68. The van der Waals surface area contributed by atoms with Crippen LogP contribution in [0.4, 0.5) is 5.82 Å². The summed E-state index contributed by atoms with van der Waals surface area (Å²) < 4.78 is 0. The lowest BCUT2D eigenvalue weighted by molar-refractivity contribution is 0.421. The van der Waals surface area contributed by atoms with E-state index in [1.54, 1.807) is 6.20 Å². The third-order valence-corrected chi connectivity index (χ3v) is 2.34. The molecule has 4 heteroatoms. The fourth-order valence-corrected chi connectivity index (χ4v) is 1.18. The van der Waals surface area contributed by atoms with Crippen molar-refractivity contribution in [3.8, 4) is 0 Å². The van der Waals surface area contributed by atoms with Crippen molar-refractivity contribution in [1.82, 2.24) is 15.3 Å². The summed E-state index contributed by atoms with van der Waals surface area (Å²) in [7, 11) is 2.02. The van der Waals surface area contributed by atoms with Crippen molar-refractivity contribution in [2.75, 3.05) is 18.5 Å². The Kier molecular flexibility index (Phi) is 4.24. The zero-order valence-corrected chi connectivity index (χ0v) is 10.9. The molecule has 90 valence electrons. The van der Waals surface area contributed by atoms with E-state index in [-0.39, 0.29) is 5.54 Å². The van der Waals surface area contributed by atoms with Crippen LogP contribution in [-0.2, 0) is 6.54 Å². The van der Waals surface area contributed by atoms with Gasteiger partial charge in [0, 0.05) is 31.9 Å². The largest absolute Gasteiger partial charge is 0.359 e. The van der Waals surface area contributed by atoms with Crippen LogP contribution in [0.2, 0.25) is 0 Å². The maximum absolute atomic E-state index is 4.55. The summed E-state index contributed by atoms with van der Waals surface area (Å²) in [6.45, 7) is 10.2. The normalized spacial score (nSPS) is 11.6. The van der Waals surface area contributed by atoms with Gasteiger partial charge < -0.3 is 10.2 Å². The molecule has 0 unspecified atom stereocenters. The highest BCUT2D eigenvalue weighted by Crippen LogP contribution is 2.08. The minimum Gasteiger partial charge on any atom is -0.359 e. The highest BCUT2D eigenvalue weighted by Gasteiger charge is 2.09. The van der Waals surface area contributed by atoms with Crippen LogP contribution >= 0.6 is 0 Å². The molecule has 1 aromatic heterocycles. The van der Waals surface area contributed by atoms with E-state index >= 15 is 0 Å². The Morgan fingerprint density at radius 3 is 2.56 bits per heavy atom. The highest BCUT2D eigenvalue weighted by molar-refractivity contribution is 5.34. The first-order chi connectivity index (χ1) is 7.42. The molecule has 0 aliphatic carbocycles. The van der Waals surface area contributed by atoms with Crippen LogP contribution in [-0.4, -0.2) is 29.1 Å². The van der Waals surface area contributed by atoms with E-state index < -0.39 is 0 Å². The molecule has 1 N–H and O–H groups in total. The molecule has 0 atom stereocenters. The topological polar surface area (TPSA) is 41.1 Å². The second-order valence-corrected chi connectivity index (χ2v) is 4.99. The van der Waals surface area contributed by atoms with Gasteiger partial charge in [0.15, 0.2) is 0 Å². The molecule has 0 aliphatic rings. The van der Waals surface area contributed by atoms with Crippen molar-refractivity contribution in [2.45, 2.75) is 39.8 Å². The van der Waals surface area contributed by atoms with Crippen LogP contribution in [0.15, 0.2) is 12.4 Å². The average Bonchev–Trinajstić information content (AvgIpc) is 2.25. The van der Waals surface area contributed by atoms with Gasteiger partial charge in [-0.15, -0.1) is 0 Å². The van der Waals surface area contributed by atoms with Crippen molar-refractivity contribution < 1.29 is 0 Å². The SMILES string of the molecule is CCN(C)c1cncc(CNC(C)(C)C)n1. The number of anilines is 1. The Bertz CT molecular complexity index is 330. The molecule has 0 bridgehead atoms. The van der Waals surface area contributed by atoms with Gasteiger partial charge in [-0.05, 0) is 27.7 Å². The van der Waals surface area contributed by atoms with Crippen LogP contribution < -0.4 is 10.2 Å². The standard InChI is InChI=1S/C12H22N4/c1-6-16(5)11-9-13-7-10(15-11)8-14-12(2,3)4/h7,9,14H,6,8H2,1-5H3. The minimum atomic E-state index is 0.105. The van der Waals surface area contributed by atoms with Gasteiger partial charge in [-0.2, -0.15) is 0 Å². The Morgan fingerprint density at radius 1 is 1.31 bits per heavy atom. The third-order valence-electron chi connectivity index (χ3n) is 2.34. The number of hydrogen-bond acceptors (Lipinski definition) is 4. The number of hydrogen-bond donors (Lipinski definition) is 1. The summed E-state index contributed by atoms with van der Waals surface area (Å²) >= 11 is 0. The first kappa shape index (κ1) is 12.9. The summed E-state index contributed by atoms with van der Waals surface area (Å²) in [5.41, 5.74) is 1.08. The average molecular weight is 222 g/mol. The lowest BCUT2D eigenvalue weighted by atomic mass is 10.1. The molecule has 0 aromatic carbocycles. The number of aromatic nitrogens is 2. The Hall–Kier alpha value is -1.16. The van der Waals surface area contributed by atoms with Crippen LogP contribution in [0, 0.1) is 0 Å². The lowest BCUT2D eigenvalue weighted by Gasteiger charge is -2.21. The molecule has 0 saturated heterocycles. The van der Waals surface area contributed by atoms with Crippen LogP contribution in [0.25, 0.3) is 0 Å². The summed E-state index contributed by atoms with van der Waals surface area (Å²) in [4.78, 5) is 10.8. The maximum Gasteiger partial charge on any atom is 0.147 e. The van der Waals surface area contributed by atoms with Crippen LogP contribution in [0.3, 0.4) is 0 Å². The molecule has 0 amide bonds. The molecule has 0 fully saturated rings. The fraction of sp³-hybridized carbons (Fsp3) is 0.667. The van der Waals surface area contributed by atoms with E-state index in [2.05, 4.69) is 47.9 Å². The maximum atomic E-state index is 4.55. The highest BCUT2D eigenvalue weighted by atomic mass is 15.2. The Morgan fingerprint density at radius 2 is 2.00 bits per heavy atom. The van der Waals surface area contributed by atoms with Crippen LogP contribution in [0.1, 0.15) is 33.4 Å². The second kappa shape index (κ2) is 5.25. The van der Waals surface area contributed by atoms with Crippen LogP contribution in [0.5, 0.6) is 0 Å². The molecule has 1 heterocycles. The summed E-state index contributed by atoms with van der Waals surface area (Å²) in [5.74, 6) is 0.927. The molecule has 1 aromatic rings. The molecule has 0 saturated carbocycles. The summed E-state index contributed by atoms with van der Waals surface area (Å²) in [6, 6.07) is 0. The smallest absolute Gasteiger partial charge is 0.147 e. The quantitative estimate of drug-likeness (QED) is 0.843. The van der Waals surface area contributed by atoms with Gasteiger partial charge in [0.2, 0.25) is 0 Å². The van der Waals surface area contributed by atoms with Gasteiger partial charge in [0.05, 0.1) is 11.9 Å². The number of nitrogens with one attached hydrogen (secondary N) is 1. The molecule has 1 rings (SSSR count). The van der Waals surface area contributed by atoms with Crippen molar-refractivity contribution in [1.29, 1.82) is 0 Å². The van der Waals surface area contributed by atoms with Gasteiger partial charge in [0.25, 0.3) is 0 Å². The van der Waals surface area contributed by atoms with Gasteiger partial charge in [0.1, 0.15) is 5.82 Å². The van der Waals surface area contributed by atoms with Crippen molar-refractivity contribution in [3.63, 3.8) is 0 Å². The zero-order chi connectivity index (χ0) is 12.2. The van der Waals surface area contributed by atoms with Crippen molar-refractivity contribution >= 4 is 5.82 Å². The molecule has 0 spiro atoms. The number of rotatable bonds is 4. The molecule has 0 aliphatic heterocycles. The predicted octanol–water partition coefficient (Wildman–Crippen LogP) is 1.82. The first-order valence-electron chi connectivity index (χ1n) is 5.69. The molecule has 16 heavy (non-hydrogen) atoms. The van der Waals surface area contributed by atoms with E-state index in [1.165, 1.54) is 0 Å². The molecule has 0 radical (unpaired) electrons. The van der Waals surface area contributed by atoms with Crippen molar-refractivity contribution in [2.24, 2.45) is 0 Å². The van der Waals surface area contributed by atoms with Gasteiger partial charge in [-0.1, -0.05) is 0 Å². The lowest BCUT2D eigenvalue weighted by Crippen LogP contribution is -2.35. The molecule has 4 nitrogen and oxygen atoms in total. The minimum absolute atomic E-state index is 0.105. The predicted molar refractivity (Wildman–Crippen MR) is 67.6 cm³/mol. The van der Waals surface area contributed by atoms with E-state index in [9.17, 15) is 0 Å². The van der Waals surface area contributed by atoms with E-state index in [0.717, 1.165) is 24.6 Å². The summed E-state index contributed by atoms with van der Waals surface area (Å²) in [6.07, 6.45) is 3.61. The molecular weight excluding hydrogens is 200 g/mol. The second-order valence-electron chi connectivity index (χ2n) is 4.99. The zero-order valence-electron chi connectivity index (χ0n) is 10.9. The van der Waals surface area contributed by atoms with E-state index in [4.69, 9.17) is 0 Å². The van der Waals surface area contributed by atoms with E-state index in [0.29, 0.717) is 0 Å². The first-order valence-corrected chi connectivity index (χ1v) is 5.69. The van der Waals surface area contributed by atoms with Gasteiger partial charge in [-0.25, -0.2) is 4.98 Å².